The molecule has 0 radical (unpaired) electrons. The van der Waals surface area contributed by atoms with Crippen LogP contribution < -0.4 is 15.8 Å². The van der Waals surface area contributed by atoms with E-state index < -0.39 is 5.54 Å². The fraction of sp³-hybridized carbons (Fsp3) is 0.533. The Morgan fingerprint density at radius 2 is 2.11 bits per heavy atom. The molecule has 106 valence electrons. The fourth-order valence-corrected chi connectivity index (χ4v) is 1.98. The number of methoxy groups -OCH3 is 1. The van der Waals surface area contributed by atoms with Crippen LogP contribution in [0.2, 0.25) is 0 Å². The molecule has 0 aliphatic carbocycles. The topological polar surface area (TPSA) is 64.3 Å². The first-order valence-electron chi connectivity index (χ1n) is 6.46. The number of carbonyl (C=O) groups is 1. The van der Waals surface area contributed by atoms with Crippen molar-refractivity contribution in [2.45, 2.75) is 45.7 Å². The first-order chi connectivity index (χ1) is 8.73. The average Bonchev–Trinajstić information content (AvgIpc) is 2.26. The maximum Gasteiger partial charge on any atom is 0.222 e. The van der Waals surface area contributed by atoms with Crippen LogP contribution in [0.15, 0.2) is 18.2 Å². The lowest BCUT2D eigenvalue weighted by atomic mass is 10.0. The highest BCUT2D eigenvalue weighted by Gasteiger charge is 2.19. The Hall–Kier alpha value is -1.55. The van der Waals surface area contributed by atoms with Crippen LogP contribution in [0.1, 0.15) is 44.4 Å². The third-order valence-electron chi connectivity index (χ3n) is 2.85. The van der Waals surface area contributed by atoms with Gasteiger partial charge in [0.1, 0.15) is 5.75 Å². The van der Waals surface area contributed by atoms with E-state index in [-0.39, 0.29) is 11.9 Å². The summed E-state index contributed by atoms with van der Waals surface area (Å²) in [4.78, 5) is 11.9. The normalized spacial score (nSPS) is 12.9. The molecule has 1 atom stereocenters. The van der Waals surface area contributed by atoms with Crippen LogP contribution in [-0.2, 0) is 4.79 Å². The molecular formula is C15H24N2O2. The number of benzene rings is 1. The molecule has 0 aliphatic heterocycles. The Morgan fingerprint density at radius 3 is 2.63 bits per heavy atom. The molecule has 0 bridgehead atoms. The highest BCUT2D eigenvalue weighted by atomic mass is 16.5. The molecule has 0 aromatic heterocycles. The van der Waals surface area contributed by atoms with Gasteiger partial charge in [-0.25, -0.2) is 0 Å². The molecular weight excluding hydrogens is 240 g/mol. The quantitative estimate of drug-likeness (QED) is 0.857. The lowest BCUT2D eigenvalue weighted by Crippen LogP contribution is -2.39. The van der Waals surface area contributed by atoms with Crippen LogP contribution in [0.25, 0.3) is 0 Å². The van der Waals surface area contributed by atoms with Crippen molar-refractivity contribution in [3.05, 3.63) is 29.3 Å². The zero-order valence-electron chi connectivity index (χ0n) is 12.4. The summed E-state index contributed by atoms with van der Waals surface area (Å²) >= 11 is 0. The Labute approximate surface area is 115 Å². The number of ether oxygens (including phenoxy) is 1. The van der Waals surface area contributed by atoms with Crippen molar-refractivity contribution in [1.82, 2.24) is 5.32 Å². The van der Waals surface area contributed by atoms with E-state index >= 15 is 0 Å². The smallest absolute Gasteiger partial charge is 0.222 e. The van der Waals surface area contributed by atoms with E-state index in [1.165, 1.54) is 0 Å². The summed E-state index contributed by atoms with van der Waals surface area (Å²) in [5.74, 6) is 0.731. The Bertz CT molecular complexity index is 450. The molecule has 1 rings (SSSR count). The van der Waals surface area contributed by atoms with Gasteiger partial charge in [-0.2, -0.15) is 0 Å². The molecule has 0 saturated carbocycles. The second kappa shape index (κ2) is 6.06. The number of hydrogen-bond donors (Lipinski definition) is 2. The molecule has 4 nitrogen and oxygen atoms in total. The number of rotatable bonds is 5. The van der Waals surface area contributed by atoms with Gasteiger partial charge in [-0.15, -0.1) is 0 Å². The summed E-state index contributed by atoms with van der Waals surface area (Å²) in [6, 6.07) is 5.82. The lowest BCUT2D eigenvalue weighted by molar-refractivity contribution is -0.122. The Morgan fingerprint density at radius 1 is 1.47 bits per heavy atom. The summed E-state index contributed by atoms with van der Waals surface area (Å²) < 4.78 is 5.33. The SMILES string of the molecule is COc1ccc(C)cc1C(C)NC(=O)CC(C)(C)N. The zero-order valence-corrected chi connectivity index (χ0v) is 12.4. The highest BCUT2D eigenvalue weighted by Crippen LogP contribution is 2.26. The van der Waals surface area contributed by atoms with Crippen molar-refractivity contribution < 1.29 is 9.53 Å². The lowest BCUT2D eigenvalue weighted by Gasteiger charge is -2.21. The van der Waals surface area contributed by atoms with E-state index in [0.717, 1.165) is 16.9 Å². The first-order valence-corrected chi connectivity index (χ1v) is 6.46. The molecule has 0 heterocycles. The molecule has 0 fully saturated rings. The number of nitrogens with one attached hydrogen (secondary N) is 1. The van der Waals surface area contributed by atoms with Crippen molar-refractivity contribution in [1.29, 1.82) is 0 Å². The van der Waals surface area contributed by atoms with Crippen molar-refractivity contribution in [2.24, 2.45) is 5.73 Å². The van der Waals surface area contributed by atoms with Crippen molar-refractivity contribution in [3.8, 4) is 5.75 Å². The molecule has 1 amide bonds. The van der Waals surface area contributed by atoms with Gasteiger partial charge in [0.2, 0.25) is 5.91 Å². The van der Waals surface area contributed by atoms with Gasteiger partial charge in [-0.1, -0.05) is 17.7 Å². The second-order valence-corrected chi connectivity index (χ2v) is 5.70. The number of hydrogen-bond acceptors (Lipinski definition) is 3. The van der Waals surface area contributed by atoms with Crippen LogP contribution in [-0.4, -0.2) is 18.6 Å². The maximum atomic E-state index is 11.9. The highest BCUT2D eigenvalue weighted by molar-refractivity contribution is 5.77. The molecule has 19 heavy (non-hydrogen) atoms. The van der Waals surface area contributed by atoms with Gasteiger partial charge in [0, 0.05) is 17.5 Å². The van der Waals surface area contributed by atoms with E-state index in [2.05, 4.69) is 5.32 Å². The minimum atomic E-state index is -0.500. The molecule has 1 aromatic carbocycles. The van der Waals surface area contributed by atoms with E-state index in [9.17, 15) is 4.79 Å². The van der Waals surface area contributed by atoms with Gasteiger partial charge in [0.05, 0.1) is 13.2 Å². The van der Waals surface area contributed by atoms with Crippen LogP contribution in [0, 0.1) is 6.92 Å². The minimum Gasteiger partial charge on any atom is -0.496 e. The van der Waals surface area contributed by atoms with Gasteiger partial charge in [-0.3, -0.25) is 4.79 Å². The van der Waals surface area contributed by atoms with E-state index in [4.69, 9.17) is 10.5 Å². The van der Waals surface area contributed by atoms with Crippen molar-refractivity contribution >= 4 is 5.91 Å². The largest absolute Gasteiger partial charge is 0.496 e. The standard InChI is InChI=1S/C15H24N2O2/c1-10-6-7-13(19-5)12(8-10)11(2)17-14(18)9-15(3,4)16/h6-8,11H,9,16H2,1-5H3,(H,17,18). The third-order valence-corrected chi connectivity index (χ3v) is 2.85. The monoisotopic (exact) mass is 264 g/mol. The minimum absolute atomic E-state index is 0.0523. The molecule has 0 aliphatic rings. The van der Waals surface area contributed by atoms with Crippen LogP contribution in [0.4, 0.5) is 0 Å². The van der Waals surface area contributed by atoms with Gasteiger partial charge >= 0.3 is 0 Å². The molecule has 0 saturated heterocycles. The van der Waals surface area contributed by atoms with Crippen molar-refractivity contribution in [2.75, 3.05) is 7.11 Å². The van der Waals surface area contributed by atoms with Gasteiger partial charge in [0.25, 0.3) is 0 Å². The van der Waals surface area contributed by atoms with Crippen molar-refractivity contribution in [3.63, 3.8) is 0 Å². The predicted molar refractivity (Wildman–Crippen MR) is 77.2 cm³/mol. The van der Waals surface area contributed by atoms with Crippen LogP contribution in [0.3, 0.4) is 0 Å². The summed E-state index contributed by atoms with van der Waals surface area (Å²) in [5.41, 5.74) is 7.46. The number of amides is 1. The molecule has 0 spiro atoms. The summed E-state index contributed by atoms with van der Waals surface area (Å²) in [6.45, 7) is 7.63. The zero-order chi connectivity index (χ0) is 14.6. The molecule has 1 unspecified atom stereocenters. The van der Waals surface area contributed by atoms with E-state index in [1.54, 1.807) is 7.11 Å². The Kier molecular flexibility index (Phi) is 4.95. The molecule has 4 heteroatoms. The average molecular weight is 264 g/mol. The molecule has 1 aromatic rings. The number of carbonyl (C=O) groups excluding carboxylic acids is 1. The summed E-state index contributed by atoms with van der Waals surface area (Å²) in [5, 5.41) is 2.96. The molecule has 3 N–H and O–H groups in total. The van der Waals surface area contributed by atoms with E-state index in [1.807, 2.05) is 45.9 Å². The van der Waals surface area contributed by atoms with Gasteiger partial charge in [0.15, 0.2) is 0 Å². The second-order valence-electron chi connectivity index (χ2n) is 5.70. The van der Waals surface area contributed by atoms with Gasteiger partial charge < -0.3 is 15.8 Å². The van der Waals surface area contributed by atoms with E-state index in [0.29, 0.717) is 6.42 Å². The van der Waals surface area contributed by atoms with Gasteiger partial charge in [-0.05, 0) is 33.8 Å². The summed E-state index contributed by atoms with van der Waals surface area (Å²) in [7, 11) is 1.63. The third kappa shape index (κ3) is 4.91. The van der Waals surface area contributed by atoms with Crippen LogP contribution in [0.5, 0.6) is 5.75 Å². The number of aryl methyl sites for hydroxylation is 1. The fourth-order valence-electron chi connectivity index (χ4n) is 1.98. The first kappa shape index (κ1) is 15.5. The Balaban J connectivity index is 2.80. The maximum absolute atomic E-state index is 11.9. The van der Waals surface area contributed by atoms with Crippen LogP contribution >= 0.6 is 0 Å². The summed E-state index contributed by atoms with van der Waals surface area (Å²) in [6.07, 6.45) is 0.297. The predicted octanol–water partition coefficient (Wildman–Crippen LogP) is 2.31. The number of nitrogens with two attached hydrogens (primary N) is 1.